The number of hydrogen-bond donors (Lipinski definition) is 3. The van der Waals surface area contributed by atoms with Crippen molar-refractivity contribution in [3.63, 3.8) is 0 Å². The molecule has 0 unspecified atom stereocenters. The molecule has 31 heavy (non-hydrogen) atoms. The number of anilines is 3. The lowest BCUT2D eigenvalue weighted by molar-refractivity contribution is -0.146. The number of nitrogens with zero attached hydrogens (tertiary/aromatic N) is 3. The molecule has 1 heterocycles. The number of amides is 1. The first kappa shape index (κ1) is 21.6. The van der Waals surface area contributed by atoms with Crippen LogP contribution in [0.25, 0.3) is 0 Å². The number of nitrogen functional groups attached to an aromatic ring is 1. The lowest BCUT2D eigenvalue weighted by Gasteiger charge is -2.17. The van der Waals surface area contributed by atoms with E-state index in [1.54, 1.807) is 0 Å². The molecule has 2 aromatic carbocycles. The van der Waals surface area contributed by atoms with Crippen LogP contribution in [0.4, 0.5) is 22.0 Å². The third-order valence-electron chi connectivity index (χ3n) is 4.11. The average Bonchev–Trinajstić information content (AvgIpc) is 2.73. The normalized spacial score (nSPS) is 11.4. The lowest BCUT2D eigenvalue weighted by atomic mass is 10.0. The van der Waals surface area contributed by atoms with Crippen LogP contribution in [0.15, 0.2) is 54.6 Å². The molecule has 0 aliphatic heterocycles. The van der Waals surface area contributed by atoms with Gasteiger partial charge in [0.2, 0.25) is 17.8 Å². The molecular formula is C21H21FN6O3. The van der Waals surface area contributed by atoms with Gasteiger partial charge in [-0.15, -0.1) is 0 Å². The zero-order chi connectivity index (χ0) is 22.2. The Labute approximate surface area is 177 Å². The van der Waals surface area contributed by atoms with Crippen molar-refractivity contribution in [1.82, 2.24) is 20.3 Å². The Bertz CT molecular complexity index is 1050. The van der Waals surface area contributed by atoms with E-state index >= 15 is 0 Å². The summed E-state index contributed by atoms with van der Waals surface area (Å²) in [6, 6.07) is 14.2. The van der Waals surface area contributed by atoms with Gasteiger partial charge in [0.25, 0.3) is 0 Å². The van der Waals surface area contributed by atoms with Crippen LogP contribution in [0.1, 0.15) is 30.8 Å². The van der Waals surface area contributed by atoms with Crippen LogP contribution in [0, 0.1) is 5.82 Å². The molecule has 1 aromatic heterocycles. The molecule has 0 spiro atoms. The number of halogens is 1. The van der Waals surface area contributed by atoms with Crippen molar-refractivity contribution in [3.8, 4) is 0 Å². The summed E-state index contributed by atoms with van der Waals surface area (Å²) in [6.45, 7) is 1.15. The number of aromatic nitrogens is 3. The van der Waals surface area contributed by atoms with Gasteiger partial charge in [-0.2, -0.15) is 15.0 Å². The molecule has 0 aliphatic carbocycles. The second-order valence-electron chi connectivity index (χ2n) is 6.59. The quantitative estimate of drug-likeness (QED) is 0.470. The summed E-state index contributed by atoms with van der Waals surface area (Å²) in [6.07, 6.45) is -0.0646. The molecule has 0 saturated carbocycles. The highest BCUT2D eigenvalue weighted by atomic mass is 19.1. The second kappa shape index (κ2) is 10.1. The predicted molar refractivity (Wildman–Crippen MR) is 111 cm³/mol. The Morgan fingerprint density at radius 2 is 1.77 bits per heavy atom. The van der Waals surface area contributed by atoms with Crippen LogP contribution in [0.2, 0.25) is 0 Å². The molecule has 160 valence electrons. The van der Waals surface area contributed by atoms with Crippen LogP contribution in [-0.4, -0.2) is 26.8 Å². The standard InChI is InChI=1S/C21H21FN6O3/c1-13(29)24-17(14-5-3-2-4-6-14)11-19(30)31-12-18-26-20(23)28-21(27-18)25-16-9-7-15(22)8-10-16/h2-10,17H,11-12H2,1H3,(H,24,29)(H3,23,25,26,27,28)/t17-/m0/s1. The molecule has 0 saturated heterocycles. The molecule has 10 heteroatoms. The van der Waals surface area contributed by atoms with E-state index in [9.17, 15) is 14.0 Å². The fourth-order valence-electron chi connectivity index (χ4n) is 2.77. The number of nitrogens with one attached hydrogen (secondary N) is 2. The average molecular weight is 424 g/mol. The van der Waals surface area contributed by atoms with Gasteiger partial charge in [0.1, 0.15) is 5.82 Å². The van der Waals surface area contributed by atoms with Crippen molar-refractivity contribution in [3.05, 3.63) is 71.8 Å². The number of carbonyl (C=O) groups is 2. The second-order valence-corrected chi connectivity index (χ2v) is 6.59. The van der Waals surface area contributed by atoms with Crippen LogP contribution in [-0.2, 0) is 20.9 Å². The summed E-state index contributed by atoms with van der Waals surface area (Å²) in [5, 5.41) is 5.62. The molecule has 1 atom stereocenters. The van der Waals surface area contributed by atoms with Crippen molar-refractivity contribution in [2.75, 3.05) is 11.1 Å². The number of hydrogen-bond acceptors (Lipinski definition) is 8. The van der Waals surface area contributed by atoms with E-state index < -0.39 is 12.0 Å². The van der Waals surface area contributed by atoms with E-state index in [-0.39, 0.29) is 42.5 Å². The third-order valence-corrected chi connectivity index (χ3v) is 4.11. The first-order valence-corrected chi connectivity index (χ1v) is 9.40. The summed E-state index contributed by atoms with van der Waals surface area (Å²) in [7, 11) is 0. The van der Waals surface area contributed by atoms with Crippen LogP contribution in [0.3, 0.4) is 0 Å². The smallest absolute Gasteiger partial charge is 0.308 e. The maximum Gasteiger partial charge on any atom is 0.308 e. The Balaban J connectivity index is 1.63. The van der Waals surface area contributed by atoms with Crippen molar-refractivity contribution in [2.24, 2.45) is 0 Å². The number of nitrogens with two attached hydrogens (primary N) is 1. The van der Waals surface area contributed by atoms with Gasteiger partial charge in [-0.25, -0.2) is 4.39 Å². The highest BCUT2D eigenvalue weighted by Crippen LogP contribution is 2.18. The van der Waals surface area contributed by atoms with Gasteiger partial charge in [-0.3, -0.25) is 9.59 Å². The van der Waals surface area contributed by atoms with Gasteiger partial charge in [-0.05, 0) is 29.8 Å². The molecule has 0 bridgehead atoms. The highest BCUT2D eigenvalue weighted by molar-refractivity contribution is 5.76. The van der Waals surface area contributed by atoms with Crippen LogP contribution < -0.4 is 16.4 Å². The lowest BCUT2D eigenvalue weighted by Crippen LogP contribution is -2.28. The number of esters is 1. The maximum absolute atomic E-state index is 13.0. The van der Waals surface area contributed by atoms with Crippen LogP contribution in [0.5, 0.6) is 0 Å². The summed E-state index contributed by atoms with van der Waals surface area (Å²) in [4.78, 5) is 35.9. The molecule has 4 N–H and O–H groups in total. The molecule has 0 fully saturated rings. The minimum atomic E-state index is -0.547. The summed E-state index contributed by atoms with van der Waals surface area (Å²) in [5.74, 6) is -0.975. The van der Waals surface area contributed by atoms with E-state index in [4.69, 9.17) is 10.5 Å². The van der Waals surface area contributed by atoms with Crippen LogP contribution >= 0.6 is 0 Å². The van der Waals surface area contributed by atoms with Gasteiger partial charge in [0, 0.05) is 12.6 Å². The first-order chi connectivity index (χ1) is 14.9. The van der Waals surface area contributed by atoms with E-state index in [0.29, 0.717) is 5.69 Å². The van der Waals surface area contributed by atoms with Crippen molar-refractivity contribution >= 4 is 29.5 Å². The largest absolute Gasteiger partial charge is 0.457 e. The maximum atomic E-state index is 13.0. The SMILES string of the molecule is CC(=O)N[C@@H](CC(=O)OCc1nc(N)nc(Nc2ccc(F)cc2)n1)c1ccccc1. The van der Waals surface area contributed by atoms with Gasteiger partial charge < -0.3 is 21.1 Å². The monoisotopic (exact) mass is 424 g/mol. The van der Waals surface area contributed by atoms with Crippen molar-refractivity contribution < 1.29 is 18.7 Å². The highest BCUT2D eigenvalue weighted by Gasteiger charge is 2.18. The molecule has 3 aromatic rings. The Hall–Kier alpha value is -4.08. The molecule has 0 aliphatic rings. The topological polar surface area (TPSA) is 132 Å². The van der Waals surface area contributed by atoms with Gasteiger partial charge in [0.15, 0.2) is 12.4 Å². The van der Waals surface area contributed by atoms with Gasteiger partial charge in [-0.1, -0.05) is 30.3 Å². The minimum absolute atomic E-state index is 0.0638. The Kier molecular flexibility index (Phi) is 7.05. The molecule has 0 radical (unpaired) electrons. The van der Waals surface area contributed by atoms with E-state index in [2.05, 4.69) is 25.6 Å². The third kappa shape index (κ3) is 6.74. The molecular weight excluding hydrogens is 403 g/mol. The molecule has 9 nitrogen and oxygen atoms in total. The number of carbonyl (C=O) groups excluding carboxylic acids is 2. The fourth-order valence-corrected chi connectivity index (χ4v) is 2.77. The van der Waals surface area contributed by atoms with Gasteiger partial charge in [0.05, 0.1) is 12.5 Å². The van der Waals surface area contributed by atoms with Crippen molar-refractivity contribution in [2.45, 2.75) is 26.0 Å². The minimum Gasteiger partial charge on any atom is -0.457 e. The molecule has 3 rings (SSSR count). The van der Waals surface area contributed by atoms with E-state index in [0.717, 1.165) is 5.56 Å². The fraction of sp³-hybridized carbons (Fsp3) is 0.190. The number of rotatable bonds is 8. The summed E-state index contributed by atoms with van der Waals surface area (Å²) < 4.78 is 18.3. The van der Waals surface area contributed by atoms with E-state index in [1.807, 2.05) is 30.3 Å². The molecule has 1 amide bonds. The van der Waals surface area contributed by atoms with E-state index in [1.165, 1.54) is 31.2 Å². The number of benzene rings is 2. The zero-order valence-corrected chi connectivity index (χ0v) is 16.7. The zero-order valence-electron chi connectivity index (χ0n) is 16.7. The van der Waals surface area contributed by atoms with Gasteiger partial charge >= 0.3 is 5.97 Å². The Morgan fingerprint density at radius 3 is 2.45 bits per heavy atom. The Morgan fingerprint density at radius 1 is 1.06 bits per heavy atom. The number of ether oxygens (including phenoxy) is 1. The first-order valence-electron chi connectivity index (χ1n) is 9.40. The summed E-state index contributed by atoms with van der Waals surface area (Å²) >= 11 is 0. The van der Waals surface area contributed by atoms with Crippen molar-refractivity contribution in [1.29, 1.82) is 0 Å². The predicted octanol–water partition coefficient (Wildman–Crippen LogP) is 2.65. The summed E-state index contributed by atoms with van der Waals surface area (Å²) in [5.41, 5.74) is 7.04.